The van der Waals surface area contributed by atoms with Gasteiger partial charge >= 0.3 is 12.1 Å². The topological polar surface area (TPSA) is 72.8 Å². The van der Waals surface area contributed by atoms with Crippen LogP contribution in [-0.2, 0) is 14.3 Å². The van der Waals surface area contributed by atoms with Crippen LogP contribution < -0.4 is 0 Å². The fourth-order valence-electron chi connectivity index (χ4n) is 4.27. The van der Waals surface area contributed by atoms with Crippen LogP contribution in [0.2, 0.25) is 0 Å². The first-order valence-electron chi connectivity index (χ1n) is 7.44. The predicted molar refractivity (Wildman–Crippen MR) is 72.3 cm³/mol. The molecule has 2 fully saturated rings. The minimum absolute atomic E-state index is 0.104. The maximum atomic E-state index is 11.3. The van der Waals surface area contributed by atoms with E-state index in [4.69, 9.17) is 14.6 Å². The molecule has 0 aromatic carbocycles. The minimum atomic E-state index is -1.20. The van der Waals surface area contributed by atoms with E-state index in [0.717, 1.165) is 19.3 Å². The van der Waals surface area contributed by atoms with Crippen molar-refractivity contribution in [1.82, 2.24) is 0 Å². The molecule has 5 atom stereocenters. The van der Waals surface area contributed by atoms with Crippen LogP contribution in [0.25, 0.3) is 0 Å². The molecule has 0 spiro atoms. The number of carbonyl (C=O) groups is 2. The monoisotopic (exact) mass is 284 g/mol. The van der Waals surface area contributed by atoms with Gasteiger partial charge < -0.3 is 14.6 Å². The Morgan fingerprint density at radius 3 is 2.55 bits per heavy atom. The molecule has 114 valence electrons. The normalized spacial score (nSPS) is 40.0. The third kappa shape index (κ3) is 3.07. The highest BCUT2D eigenvalue weighted by Gasteiger charge is 2.50. The van der Waals surface area contributed by atoms with E-state index in [9.17, 15) is 9.59 Å². The summed E-state index contributed by atoms with van der Waals surface area (Å²) < 4.78 is 10.7. The van der Waals surface area contributed by atoms with Crippen LogP contribution in [0, 0.1) is 17.8 Å². The molecule has 0 radical (unpaired) electrons. The Hall–Kier alpha value is -1.26. The summed E-state index contributed by atoms with van der Waals surface area (Å²) in [5.74, 6) is 0.755. The number of fused-ring (bicyclic) bond motifs is 2. The average molecular weight is 284 g/mol. The van der Waals surface area contributed by atoms with Gasteiger partial charge in [0.1, 0.15) is 11.7 Å². The number of ether oxygens (including phenoxy) is 2. The molecule has 0 aliphatic heterocycles. The summed E-state index contributed by atoms with van der Waals surface area (Å²) in [4.78, 5) is 22.2. The third-order valence-electron chi connectivity index (χ3n) is 4.91. The summed E-state index contributed by atoms with van der Waals surface area (Å²) >= 11 is 0. The molecule has 5 nitrogen and oxygen atoms in total. The van der Waals surface area contributed by atoms with Crippen molar-refractivity contribution >= 4 is 12.1 Å². The summed E-state index contributed by atoms with van der Waals surface area (Å²) in [5.41, 5.74) is -0.599. The molecule has 2 bridgehead atoms. The first-order chi connectivity index (χ1) is 9.35. The van der Waals surface area contributed by atoms with Crippen molar-refractivity contribution in [3.8, 4) is 0 Å². The molecule has 5 heteroatoms. The second kappa shape index (κ2) is 5.62. The van der Waals surface area contributed by atoms with Gasteiger partial charge in [0.15, 0.2) is 0 Å². The maximum Gasteiger partial charge on any atom is 0.506 e. The van der Waals surface area contributed by atoms with E-state index in [1.807, 2.05) is 6.92 Å². The SMILES string of the molecule is CCC1(OC(=O)O)CC2CC(C)C(OC(C)=O)C(C2)C1. The van der Waals surface area contributed by atoms with Crippen LogP contribution in [0.4, 0.5) is 4.79 Å². The van der Waals surface area contributed by atoms with E-state index in [1.165, 1.54) is 6.92 Å². The van der Waals surface area contributed by atoms with Crippen LogP contribution in [0.5, 0.6) is 0 Å². The number of carbonyl (C=O) groups excluding carboxylic acids is 1. The van der Waals surface area contributed by atoms with Gasteiger partial charge in [0.25, 0.3) is 0 Å². The number of hydrogen-bond acceptors (Lipinski definition) is 4. The van der Waals surface area contributed by atoms with Crippen LogP contribution in [0.1, 0.15) is 52.9 Å². The molecule has 2 saturated carbocycles. The van der Waals surface area contributed by atoms with Crippen LogP contribution in [-0.4, -0.2) is 28.9 Å². The highest BCUT2D eigenvalue weighted by molar-refractivity contribution is 5.66. The Kier molecular flexibility index (Phi) is 4.25. The van der Waals surface area contributed by atoms with Crippen molar-refractivity contribution in [2.24, 2.45) is 17.8 Å². The van der Waals surface area contributed by atoms with E-state index in [-0.39, 0.29) is 18.0 Å². The second-order valence-corrected chi connectivity index (χ2v) is 6.46. The lowest BCUT2D eigenvalue weighted by atomic mass is 9.61. The van der Waals surface area contributed by atoms with Crippen molar-refractivity contribution in [1.29, 1.82) is 0 Å². The van der Waals surface area contributed by atoms with Gasteiger partial charge in [-0.15, -0.1) is 0 Å². The van der Waals surface area contributed by atoms with Gasteiger partial charge in [0, 0.05) is 12.8 Å². The zero-order valence-electron chi connectivity index (χ0n) is 12.4. The maximum absolute atomic E-state index is 11.3. The molecule has 0 aromatic heterocycles. The Morgan fingerprint density at radius 2 is 2.00 bits per heavy atom. The standard InChI is InChI=1S/C15H24O5/c1-4-15(20-14(17)18)7-11-5-9(2)13(19-10(3)16)12(6-11)8-15/h9,11-13H,4-8H2,1-3H3,(H,17,18). The van der Waals surface area contributed by atoms with E-state index in [2.05, 4.69) is 6.92 Å². The van der Waals surface area contributed by atoms with Crippen LogP contribution >= 0.6 is 0 Å². The Labute approximate surface area is 119 Å². The lowest BCUT2D eigenvalue weighted by molar-refractivity contribution is -0.167. The highest BCUT2D eigenvalue weighted by atomic mass is 16.7. The average Bonchev–Trinajstić information content (AvgIpc) is 2.32. The van der Waals surface area contributed by atoms with Crippen LogP contribution in [0.3, 0.4) is 0 Å². The van der Waals surface area contributed by atoms with Crippen molar-refractivity contribution in [3.05, 3.63) is 0 Å². The quantitative estimate of drug-likeness (QED) is 0.805. The first-order valence-corrected chi connectivity index (χ1v) is 7.44. The van der Waals surface area contributed by atoms with Gasteiger partial charge in [-0.1, -0.05) is 13.8 Å². The smallest absolute Gasteiger partial charge is 0.462 e. The van der Waals surface area contributed by atoms with Crippen molar-refractivity contribution < 1.29 is 24.2 Å². The molecule has 1 N–H and O–H groups in total. The summed E-state index contributed by atoms with van der Waals surface area (Å²) in [6, 6.07) is 0. The Bertz CT molecular complexity index is 392. The Balaban J connectivity index is 2.17. The largest absolute Gasteiger partial charge is 0.506 e. The van der Waals surface area contributed by atoms with Crippen molar-refractivity contribution in [2.75, 3.05) is 0 Å². The van der Waals surface area contributed by atoms with E-state index in [1.54, 1.807) is 0 Å². The molecule has 2 aliphatic rings. The first kappa shape index (κ1) is 15.1. The molecule has 20 heavy (non-hydrogen) atoms. The Morgan fingerprint density at radius 1 is 1.30 bits per heavy atom. The molecule has 0 aromatic rings. The van der Waals surface area contributed by atoms with Gasteiger partial charge in [-0.05, 0) is 43.9 Å². The summed E-state index contributed by atoms with van der Waals surface area (Å²) in [5, 5.41) is 8.98. The summed E-state index contributed by atoms with van der Waals surface area (Å²) in [7, 11) is 0. The highest BCUT2D eigenvalue weighted by Crippen LogP contribution is 2.50. The lowest BCUT2D eigenvalue weighted by Crippen LogP contribution is -2.51. The summed E-state index contributed by atoms with van der Waals surface area (Å²) in [6.45, 7) is 5.51. The zero-order valence-corrected chi connectivity index (χ0v) is 12.4. The molecule has 2 rings (SSSR count). The second-order valence-electron chi connectivity index (χ2n) is 6.46. The molecule has 2 aliphatic carbocycles. The van der Waals surface area contributed by atoms with Gasteiger partial charge in [-0.3, -0.25) is 4.79 Å². The van der Waals surface area contributed by atoms with Crippen molar-refractivity contribution in [2.45, 2.75) is 64.6 Å². The van der Waals surface area contributed by atoms with Crippen molar-refractivity contribution in [3.63, 3.8) is 0 Å². The third-order valence-corrected chi connectivity index (χ3v) is 4.91. The number of carboxylic acid groups (broad SMARTS) is 1. The molecule has 5 unspecified atom stereocenters. The fraction of sp³-hybridized carbons (Fsp3) is 0.867. The zero-order chi connectivity index (χ0) is 14.9. The molecule has 0 saturated heterocycles. The molecular formula is C15H24O5. The van der Waals surface area contributed by atoms with Gasteiger partial charge in [-0.25, -0.2) is 4.79 Å². The molecule has 0 heterocycles. The number of rotatable bonds is 3. The lowest BCUT2D eigenvalue weighted by Gasteiger charge is -2.50. The fourth-order valence-corrected chi connectivity index (χ4v) is 4.27. The van der Waals surface area contributed by atoms with E-state index >= 15 is 0 Å². The molecular weight excluding hydrogens is 260 g/mol. The number of hydrogen-bond donors (Lipinski definition) is 1. The van der Waals surface area contributed by atoms with Gasteiger partial charge in [0.2, 0.25) is 0 Å². The van der Waals surface area contributed by atoms with E-state index < -0.39 is 11.8 Å². The van der Waals surface area contributed by atoms with Gasteiger partial charge in [0.05, 0.1) is 0 Å². The van der Waals surface area contributed by atoms with Crippen LogP contribution in [0.15, 0.2) is 0 Å². The molecule has 0 amide bonds. The minimum Gasteiger partial charge on any atom is -0.462 e. The summed E-state index contributed by atoms with van der Waals surface area (Å²) in [6.07, 6.45) is 2.80. The predicted octanol–water partition coefficient (Wildman–Crippen LogP) is 3.22. The van der Waals surface area contributed by atoms with Gasteiger partial charge in [-0.2, -0.15) is 0 Å². The number of esters is 1. The van der Waals surface area contributed by atoms with E-state index in [0.29, 0.717) is 24.7 Å².